The lowest BCUT2D eigenvalue weighted by Crippen LogP contribution is -2.37. The molecule has 1 aromatic rings. The van der Waals surface area contributed by atoms with Crippen LogP contribution >= 0.6 is 0 Å². The van der Waals surface area contributed by atoms with E-state index in [1.54, 1.807) is 6.08 Å². The molecular weight excluding hydrogens is 224 g/mol. The Bertz CT molecular complexity index is 402. The van der Waals surface area contributed by atoms with Crippen LogP contribution in [0.4, 0.5) is 0 Å². The van der Waals surface area contributed by atoms with Crippen molar-refractivity contribution in [3.05, 3.63) is 48.6 Å². The Morgan fingerprint density at radius 1 is 1.44 bits per heavy atom. The van der Waals surface area contributed by atoms with E-state index in [-0.39, 0.29) is 11.9 Å². The minimum atomic E-state index is 0.184. The van der Waals surface area contributed by atoms with Gasteiger partial charge in [-0.05, 0) is 18.4 Å². The van der Waals surface area contributed by atoms with Gasteiger partial charge in [0.15, 0.2) is 0 Å². The van der Waals surface area contributed by atoms with E-state index in [0.717, 1.165) is 19.4 Å². The monoisotopic (exact) mass is 244 g/mol. The molecule has 1 heterocycles. The van der Waals surface area contributed by atoms with Crippen molar-refractivity contribution in [1.29, 1.82) is 0 Å². The number of likely N-dealkylation sites (tertiary alicyclic amines) is 1. The van der Waals surface area contributed by atoms with Gasteiger partial charge in [0.1, 0.15) is 0 Å². The van der Waals surface area contributed by atoms with E-state index in [4.69, 9.17) is 0 Å². The largest absolute Gasteiger partial charge is 0.335 e. The second kappa shape index (κ2) is 6.36. The van der Waals surface area contributed by atoms with Crippen molar-refractivity contribution in [2.24, 2.45) is 0 Å². The summed E-state index contributed by atoms with van der Waals surface area (Å²) in [5, 5.41) is 3.07. The molecular formula is C15H20N2O. The lowest BCUT2D eigenvalue weighted by atomic mass is 10.0. The predicted molar refractivity (Wildman–Crippen MR) is 73.2 cm³/mol. The Morgan fingerprint density at radius 3 is 2.94 bits per heavy atom. The van der Waals surface area contributed by atoms with Crippen LogP contribution in [0.1, 0.15) is 24.4 Å². The van der Waals surface area contributed by atoms with Gasteiger partial charge in [-0.25, -0.2) is 0 Å². The van der Waals surface area contributed by atoms with Gasteiger partial charge in [-0.2, -0.15) is 0 Å². The zero-order chi connectivity index (χ0) is 12.8. The highest BCUT2D eigenvalue weighted by Gasteiger charge is 2.29. The molecule has 3 heteroatoms. The third kappa shape index (κ3) is 2.99. The molecule has 0 radical (unpaired) electrons. The van der Waals surface area contributed by atoms with Gasteiger partial charge in [0.05, 0.1) is 12.6 Å². The van der Waals surface area contributed by atoms with Crippen LogP contribution in [0.15, 0.2) is 43.0 Å². The Kier molecular flexibility index (Phi) is 4.53. The fraction of sp³-hybridized carbons (Fsp3) is 0.400. The minimum absolute atomic E-state index is 0.184. The maximum absolute atomic E-state index is 12.1. The normalized spacial score (nSPS) is 18.9. The van der Waals surface area contributed by atoms with Crippen molar-refractivity contribution >= 4 is 5.91 Å². The number of nitrogens with one attached hydrogen (secondary N) is 1. The van der Waals surface area contributed by atoms with Crippen LogP contribution in [0, 0.1) is 0 Å². The molecule has 1 amide bonds. The Balaban J connectivity index is 1.99. The van der Waals surface area contributed by atoms with Crippen molar-refractivity contribution < 1.29 is 4.79 Å². The second-order valence-electron chi connectivity index (χ2n) is 4.58. The summed E-state index contributed by atoms with van der Waals surface area (Å²) in [5.74, 6) is 0.184. The Labute approximate surface area is 108 Å². The fourth-order valence-corrected chi connectivity index (χ4v) is 2.47. The van der Waals surface area contributed by atoms with Crippen LogP contribution in [-0.4, -0.2) is 30.4 Å². The molecule has 1 fully saturated rings. The van der Waals surface area contributed by atoms with Crippen molar-refractivity contribution in [2.45, 2.75) is 18.9 Å². The van der Waals surface area contributed by atoms with Gasteiger partial charge < -0.3 is 10.2 Å². The summed E-state index contributed by atoms with van der Waals surface area (Å²) in [4.78, 5) is 14.1. The first-order valence-corrected chi connectivity index (χ1v) is 6.49. The van der Waals surface area contributed by atoms with Crippen molar-refractivity contribution in [2.75, 3.05) is 19.6 Å². The number of benzene rings is 1. The van der Waals surface area contributed by atoms with Crippen LogP contribution in [0.5, 0.6) is 0 Å². The highest BCUT2D eigenvalue weighted by Crippen LogP contribution is 2.31. The number of nitrogens with zero attached hydrogens (tertiary/aromatic N) is 1. The van der Waals surface area contributed by atoms with Gasteiger partial charge in [0.2, 0.25) is 5.91 Å². The number of hydrogen-bond acceptors (Lipinski definition) is 2. The highest BCUT2D eigenvalue weighted by atomic mass is 16.2. The summed E-state index contributed by atoms with van der Waals surface area (Å²) in [6.45, 7) is 5.57. The van der Waals surface area contributed by atoms with E-state index in [1.165, 1.54) is 5.56 Å². The molecule has 0 bridgehead atoms. The molecule has 0 saturated carbocycles. The van der Waals surface area contributed by atoms with Gasteiger partial charge in [0, 0.05) is 13.1 Å². The minimum Gasteiger partial charge on any atom is -0.335 e. The van der Waals surface area contributed by atoms with Crippen LogP contribution in [-0.2, 0) is 4.79 Å². The second-order valence-corrected chi connectivity index (χ2v) is 4.58. The highest BCUT2D eigenvalue weighted by molar-refractivity contribution is 5.79. The molecule has 1 unspecified atom stereocenters. The lowest BCUT2D eigenvalue weighted by molar-refractivity contribution is -0.131. The van der Waals surface area contributed by atoms with Gasteiger partial charge >= 0.3 is 0 Å². The summed E-state index contributed by atoms with van der Waals surface area (Å²) in [6.07, 6.45) is 3.93. The van der Waals surface area contributed by atoms with E-state index in [9.17, 15) is 4.79 Å². The molecule has 1 N–H and O–H groups in total. The van der Waals surface area contributed by atoms with Gasteiger partial charge in [0.25, 0.3) is 0 Å². The standard InChI is InChI=1S/C15H20N2O/c1-2-10-16-12-15(18)17-11-6-9-14(17)13-7-4-3-5-8-13/h2-5,7-8,14,16H,1,6,9-12H2. The van der Waals surface area contributed by atoms with E-state index in [0.29, 0.717) is 13.1 Å². The first kappa shape index (κ1) is 12.8. The maximum Gasteiger partial charge on any atom is 0.237 e. The average molecular weight is 244 g/mol. The molecule has 2 rings (SSSR count). The topological polar surface area (TPSA) is 32.3 Å². The number of carbonyl (C=O) groups excluding carboxylic acids is 1. The smallest absolute Gasteiger partial charge is 0.237 e. The first-order chi connectivity index (χ1) is 8.83. The lowest BCUT2D eigenvalue weighted by Gasteiger charge is -2.25. The van der Waals surface area contributed by atoms with E-state index in [2.05, 4.69) is 24.0 Å². The fourth-order valence-electron chi connectivity index (χ4n) is 2.47. The quantitative estimate of drug-likeness (QED) is 0.635. The van der Waals surface area contributed by atoms with Crippen molar-refractivity contribution in [3.8, 4) is 0 Å². The summed E-state index contributed by atoms with van der Waals surface area (Å²) in [6, 6.07) is 10.5. The van der Waals surface area contributed by atoms with E-state index < -0.39 is 0 Å². The average Bonchev–Trinajstić information content (AvgIpc) is 2.89. The molecule has 0 aliphatic carbocycles. The number of amides is 1. The van der Waals surface area contributed by atoms with Crippen LogP contribution in [0.3, 0.4) is 0 Å². The molecule has 1 aliphatic rings. The summed E-state index contributed by atoms with van der Waals surface area (Å²) in [7, 11) is 0. The molecule has 18 heavy (non-hydrogen) atoms. The van der Waals surface area contributed by atoms with Crippen molar-refractivity contribution in [3.63, 3.8) is 0 Å². The third-order valence-electron chi connectivity index (χ3n) is 3.32. The molecule has 1 aromatic carbocycles. The summed E-state index contributed by atoms with van der Waals surface area (Å²) in [5.41, 5.74) is 1.24. The predicted octanol–water partition coefficient (Wildman–Crippen LogP) is 2.13. The van der Waals surface area contributed by atoms with E-state index in [1.807, 2.05) is 23.1 Å². The van der Waals surface area contributed by atoms with E-state index >= 15 is 0 Å². The molecule has 1 saturated heterocycles. The Morgan fingerprint density at radius 2 is 2.22 bits per heavy atom. The van der Waals surface area contributed by atoms with Gasteiger partial charge in [-0.3, -0.25) is 4.79 Å². The number of hydrogen-bond donors (Lipinski definition) is 1. The molecule has 96 valence electrons. The number of rotatable bonds is 5. The third-order valence-corrected chi connectivity index (χ3v) is 3.32. The summed E-state index contributed by atoms with van der Waals surface area (Å²) >= 11 is 0. The number of carbonyl (C=O) groups is 1. The molecule has 1 atom stereocenters. The molecule has 0 spiro atoms. The van der Waals surface area contributed by atoms with Crippen molar-refractivity contribution in [1.82, 2.24) is 10.2 Å². The van der Waals surface area contributed by atoms with Gasteiger partial charge in [-0.1, -0.05) is 36.4 Å². The Hall–Kier alpha value is -1.61. The maximum atomic E-state index is 12.1. The molecule has 1 aliphatic heterocycles. The molecule has 0 aromatic heterocycles. The molecule has 3 nitrogen and oxygen atoms in total. The van der Waals surface area contributed by atoms with Crippen LogP contribution in [0.25, 0.3) is 0 Å². The van der Waals surface area contributed by atoms with Gasteiger partial charge in [-0.15, -0.1) is 6.58 Å². The first-order valence-electron chi connectivity index (χ1n) is 6.49. The van der Waals surface area contributed by atoms with Crippen LogP contribution in [0.2, 0.25) is 0 Å². The summed E-state index contributed by atoms with van der Waals surface area (Å²) < 4.78 is 0. The zero-order valence-corrected chi connectivity index (χ0v) is 10.6. The zero-order valence-electron chi connectivity index (χ0n) is 10.6. The van der Waals surface area contributed by atoms with Crippen LogP contribution < -0.4 is 5.32 Å². The SMILES string of the molecule is C=CCNCC(=O)N1CCCC1c1ccccc1.